The Morgan fingerprint density at radius 2 is 2.21 bits per heavy atom. The zero-order chi connectivity index (χ0) is 14.0. The fourth-order valence-corrected chi connectivity index (χ4v) is 1.41. The first-order chi connectivity index (χ1) is 8.99. The summed E-state index contributed by atoms with van der Waals surface area (Å²) < 4.78 is 4.97. The molecule has 0 aliphatic rings. The van der Waals surface area contributed by atoms with Gasteiger partial charge in [-0.3, -0.25) is 10.1 Å². The Kier molecular flexibility index (Phi) is 3.28. The summed E-state index contributed by atoms with van der Waals surface area (Å²) in [6.07, 6.45) is 1.30. The van der Waals surface area contributed by atoms with E-state index in [-0.39, 0.29) is 17.0 Å². The maximum Gasteiger partial charge on any atom is 0.270 e. The maximum atomic E-state index is 10.6. The predicted molar refractivity (Wildman–Crippen MR) is 68.0 cm³/mol. The molecule has 7 heteroatoms. The van der Waals surface area contributed by atoms with E-state index >= 15 is 0 Å². The van der Waals surface area contributed by atoms with Crippen LogP contribution in [0.5, 0.6) is 5.75 Å². The highest BCUT2D eigenvalue weighted by atomic mass is 16.6. The first kappa shape index (κ1) is 12.7. The second kappa shape index (κ2) is 4.89. The molecule has 1 heterocycles. The van der Waals surface area contributed by atoms with Gasteiger partial charge in [0.2, 0.25) is 0 Å². The van der Waals surface area contributed by atoms with Crippen molar-refractivity contribution in [3.63, 3.8) is 0 Å². The summed E-state index contributed by atoms with van der Waals surface area (Å²) in [5.74, 6) is 0.214. The van der Waals surface area contributed by atoms with E-state index < -0.39 is 4.92 Å². The van der Waals surface area contributed by atoms with Crippen molar-refractivity contribution in [2.24, 2.45) is 4.99 Å². The van der Waals surface area contributed by atoms with Gasteiger partial charge >= 0.3 is 0 Å². The van der Waals surface area contributed by atoms with Crippen molar-refractivity contribution in [2.75, 3.05) is 0 Å². The number of aromatic nitrogens is 1. The zero-order valence-corrected chi connectivity index (χ0v) is 10.3. The summed E-state index contributed by atoms with van der Waals surface area (Å²) in [6, 6.07) is 3.70. The van der Waals surface area contributed by atoms with Crippen LogP contribution in [0, 0.1) is 24.0 Å². The van der Waals surface area contributed by atoms with Crippen LogP contribution < -0.4 is 0 Å². The van der Waals surface area contributed by atoms with E-state index in [1.54, 1.807) is 13.8 Å². The summed E-state index contributed by atoms with van der Waals surface area (Å²) in [4.78, 5) is 14.1. The lowest BCUT2D eigenvalue weighted by atomic mass is 10.2. The normalized spacial score (nSPS) is 11.1. The lowest BCUT2D eigenvalue weighted by Crippen LogP contribution is -1.90. The van der Waals surface area contributed by atoms with Crippen LogP contribution in [0.3, 0.4) is 0 Å². The molecule has 0 aliphatic carbocycles. The maximum absolute atomic E-state index is 10.6. The third kappa shape index (κ3) is 2.59. The zero-order valence-electron chi connectivity index (χ0n) is 10.3. The molecule has 7 nitrogen and oxygen atoms in total. The minimum Gasteiger partial charge on any atom is -0.507 e. The highest BCUT2D eigenvalue weighted by Gasteiger charge is 2.10. The molecule has 0 unspecified atom stereocenters. The van der Waals surface area contributed by atoms with Crippen molar-refractivity contribution in [3.8, 4) is 5.75 Å². The Morgan fingerprint density at radius 3 is 2.79 bits per heavy atom. The Labute approximate surface area is 108 Å². The lowest BCUT2D eigenvalue weighted by molar-refractivity contribution is -0.384. The van der Waals surface area contributed by atoms with Crippen molar-refractivity contribution >= 4 is 17.8 Å². The van der Waals surface area contributed by atoms with Crippen LogP contribution in [0.2, 0.25) is 0 Å². The number of aryl methyl sites for hydroxylation is 1. The number of phenols is 1. The van der Waals surface area contributed by atoms with E-state index in [1.165, 1.54) is 24.4 Å². The molecular weight excluding hydrogens is 250 g/mol. The molecule has 0 atom stereocenters. The van der Waals surface area contributed by atoms with Gasteiger partial charge in [-0.1, -0.05) is 5.16 Å². The minimum absolute atomic E-state index is 0.0942. The quantitative estimate of drug-likeness (QED) is 0.519. The fraction of sp³-hybridized carbons (Fsp3) is 0.167. The molecule has 2 rings (SSSR count). The van der Waals surface area contributed by atoms with E-state index in [0.717, 1.165) is 11.3 Å². The van der Waals surface area contributed by atoms with Crippen molar-refractivity contribution < 1.29 is 14.6 Å². The third-order valence-corrected chi connectivity index (χ3v) is 2.68. The number of aromatic hydroxyl groups is 1. The highest BCUT2D eigenvalue weighted by Crippen LogP contribution is 2.24. The molecule has 1 aromatic carbocycles. The van der Waals surface area contributed by atoms with Gasteiger partial charge in [-0.05, 0) is 19.9 Å². The standard InChI is InChI=1S/C12H11N3O4/c1-7-8(2)14-19-12(7)13-6-9-5-10(15(17)18)3-4-11(9)16/h3-6,16H,1-2H3. The van der Waals surface area contributed by atoms with Crippen LogP contribution in [-0.4, -0.2) is 21.4 Å². The van der Waals surface area contributed by atoms with E-state index in [4.69, 9.17) is 4.52 Å². The number of non-ortho nitro benzene ring substituents is 1. The molecular formula is C12H11N3O4. The molecule has 2 aromatic rings. The lowest BCUT2D eigenvalue weighted by Gasteiger charge is -1.98. The monoisotopic (exact) mass is 261 g/mol. The Hall–Kier alpha value is -2.70. The molecule has 0 saturated carbocycles. The van der Waals surface area contributed by atoms with Crippen molar-refractivity contribution in [3.05, 3.63) is 45.1 Å². The number of phenolic OH excluding ortho intramolecular Hbond substituents is 1. The Bertz CT molecular complexity index is 661. The number of hydrogen-bond donors (Lipinski definition) is 1. The van der Waals surface area contributed by atoms with Crippen LogP contribution in [0.25, 0.3) is 0 Å². The average Bonchev–Trinajstić information content (AvgIpc) is 2.69. The van der Waals surface area contributed by atoms with Crippen LogP contribution in [0.15, 0.2) is 27.7 Å². The van der Waals surface area contributed by atoms with Crippen molar-refractivity contribution in [2.45, 2.75) is 13.8 Å². The number of rotatable bonds is 3. The molecule has 1 N–H and O–H groups in total. The van der Waals surface area contributed by atoms with Crippen molar-refractivity contribution in [1.29, 1.82) is 0 Å². The molecule has 0 amide bonds. The van der Waals surface area contributed by atoms with Crippen LogP contribution >= 0.6 is 0 Å². The van der Waals surface area contributed by atoms with Crippen LogP contribution in [0.1, 0.15) is 16.8 Å². The Morgan fingerprint density at radius 1 is 1.47 bits per heavy atom. The second-order valence-electron chi connectivity index (χ2n) is 3.96. The number of hydrogen-bond acceptors (Lipinski definition) is 6. The molecule has 0 spiro atoms. The summed E-state index contributed by atoms with van der Waals surface area (Å²) in [6.45, 7) is 3.58. The topological polar surface area (TPSA) is 102 Å². The molecule has 0 saturated heterocycles. The van der Waals surface area contributed by atoms with Gasteiger partial charge in [-0.15, -0.1) is 0 Å². The number of aliphatic imine (C=N–C) groups is 1. The van der Waals surface area contributed by atoms with Gasteiger partial charge in [-0.25, -0.2) is 4.99 Å². The van der Waals surface area contributed by atoms with Gasteiger partial charge in [0.05, 0.1) is 10.6 Å². The van der Waals surface area contributed by atoms with Crippen LogP contribution in [-0.2, 0) is 0 Å². The molecule has 0 aliphatic heterocycles. The summed E-state index contributed by atoms with van der Waals surface area (Å²) in [5.41, 5.74) is 1.61. The van der Waals surface area contributed by atoms with E-state index in [1.807, 2.05) is 0 Å². The van der Waals surface area contributed by atoms with Crippen LogP contribution in [0.4, 0.5) is 11.6 Å². The summed E-state index contributed by atoms with van der Waals surface area (Å²) >= 11 is 0. The molecule has 98 valence electrons. The van der Waals surface area contributed by atoms with Crippen molar-refractivity contribution in [1.82, 2.24) is 5.16 Å². The van der Waals surface area contributed by atoms with Gasteiger partial charge < -0.3 is 9.63 Å². The molecule has 0 fully saturated rings. The fourth-order valence-electron chi connectivity index (χ4n) is 1.41. The van der Waals surface area contributed by atoms with E-state index in [2.05, 4.69) is 10.1 Å². The average molecular weight is 261 g/mol. The summed E-state index contributed by atoms with van der Waals surface area (Å²) in [5, 5.41) is 24.0. The van der Waals surface area contributed by atoms with Gasteiger partial charge in [-0.2, -0.15) is 0 Å². The van der Waals surface area contributed by atoms with Gasteiger partial charge in [0.15, 0.2) is 0 Å². The summed E-state index contributed by atoms with van der Waals surface area (Å²) in [7, 11) is 0. The molecule has 0 radical (unpaired) electrons. The predicted octanol–water partition coefficient (Wildman–Crippen LogP) is 2.66. The highest BCUT2D eigenvalue weighted by molar-refractivity contribution is 5.86. The van der Waals surface area contributed by atoms with Gasteiger partial charge in [0.25, 0.3) is 11.6 Å². The number of nitro groups is 1. The van der Waals surface area contributed by atoms with E-state index in [0.29, 0.717) is 5.88 Å². The third-order valence-electron chi connectivity index (χ3n) is 2.68. The molecule has 19 heavy (non-hydrogen) atoms. The molecule has 1 aromatic heterocycles. The first-order valence-electron chi connectivity index (χ1n) is 5.43. The van der Waals surface area contributed by atoms with E-state index in [9.17, 15) is 15.2 Å². The smallest absolute Gasteiger partial charge is 0.270 e. The second-order valence-corrected chi connectivity index (χ2v) is 3.96. The van der Waals surface area contributed by atoms with Gasteiger partial charge in [0.1, 0.15) is 5.75 Å². The first-order valence-corrected chi connectivity index (χ1v) is 5.43. The SMILES string of the molecule is Cc1noc(N=Cc2cc([N+](=O)[O-])ccc2O)c1C. The minimum atomic E-state index is -0.541. The number of benzene rings is 1. The largest absolute Gasteiger partial charge is 0.507 e. The number of nitrogens with zero attached hydrogens (tertiary/aromatic N) is 3. The Balaban J connectivity index is 2.35. The van der Waals surface area contributed by atoms with Gasteiger partial charge in [0, 0.05) is 29.5 Å². The molecule has 0 bridgehead atoms. The number of nitro benzene ring substituents is 1.